The first-order valence-electron chi connectivity index (χ1n) is 8.23. The van der Waals surface area contributed by atoms with Crippen molar-refractivity contribution in [3.05, 3.63) is 81.1 Å². The molecular weight excluding hydrogens is 366 g/mol. The summed E-state index contributed by atoms with van der Waals surface area (Å²) in [5, 5.41) is 15.3. The van der Waals surface area contributed by atoms with Crippen molar-refractivity contribution in [2.45, 2.75) is 13.5 Å². The number of anilines is 3. The van der Waals surface area contributed by atoms with Crippen LogP contribution in [0.5, 0.6) is 0 Å². The topological polar surface area (TPSA) is 84.2 Å². The Morgan fingerprint density at radius 3 is 2.63 bits per heavy atom. The van der Waals surface area contributed by atoms with E-state index >= 15 is 0 Å². The molecule has 1 N–H and O–H groups in total. The number of hydrogen-bond acceptors (Lipinski definition) is 6. The largest absolute Gasteiger partial charge is 0.353 e. The SMILES string of the molecule is Cc1ccc(Cl)cc1Nc1ncnc(N(C)Cc2ccccc2)c1[N+](=O)[O-]. The third kappa shape index (κ3) is 4.32. The predicted octanol–water partition coefficient (Wildman–Crippen LogP) is 4.73. The fourth-order valence-electron chi connectivity index (χ4n) is 2.70. The van der Waals surface area contributed by atoms with Crippen LogP contribution in [-0.2, 0) is 6.54 Å². The van der Waals surface area contributed by atoms with Crippen LogP contribution in [0.3, 0.4) is 0 Å². The van der Waals surface area contributed by atoms with E-state index in [0.717, 1.165) is 11.1 Å². The lowest BCUT2D eigenvalue weighted by Crippen LogP contribution is -2.20. The second kappa shape index (κ2) is 8.01. The smallest absolute Gasteiger partial charge is 0.349 e. The van der Waals surface area contributed by atoms with Crippen molar-refractivity contribution in [2.75, 3.05) is 17.3 Å². The molecule has 0 fully saturated rings. The number of benzene rings is 2. The van der Waals surface area contributed by atoms with Crippen LogP contribution in [0.25, 0.3) is 0 Å². The molecule has 0 aliphatic heterocycles. The molecule has 0 saturated carbocycles. The molecule has 8 heteroatoms. The van der Waals surface area contributed by atoms with Gasteiger partial charge in [0.25, 0.3) is 0 Å². The lowest BCUT2D eigenvalue weighted by Gasteiger charge is -2.19. The van der Waals surface area contributed by atoms with E-state index in [4.69, 9.17) is 11.6 Å². The monoisotopic (exact) mass is 383 g/mol. The zero-order chi connectivity index (χ0) is 19.4. The van der Waals surface area contributed by atoms with Gasteiger partial charge in [-0.05, 0) is 30.2 Å². The first-order valence-corrected chi connectivity index (χ1v) is 8.61. The van der Waals surface area contributed by atoms with E-state index in [1.165, 1.54) is 6.33 Å². The zero-order valence-corrected chi connectivity index (χ0v) is 15.6. The number of hydrogen-bond donors (Lipinski definition) is 1. The number of nitrogens with one attached hydrogen (secondary N) is 1. The molecule has 0 radical (unpaired) electrons. The van der Waals surface area contributed by atoms with Gasteiger partial charge in [0.1, 0.15) is 6.33 Å². The van der Waals surface area contributed by atoms with Crippen molar-refractivity contribution < 1.29 is 4.92 Å². The van der Waals surface area contributed by atoms with Gasteiger partial charge in [0.05, 0.1) is 4.92 Å². The van der Waals surface area contributed by atoms with Gasteiger partial charge in [0.2, 0.25) is 11.6 Å². The molecule has 0 amide bonds. The third-order valence-corrected chi connectivity index (χ3v) is 4.30. The maximum absolute atomic E-state index is 11.8. The first-order chi connectivity index (χ1) is 13.0. The van der Waals surface area contributed by atoms with E-state index in [9.17, 15) is 10.1 Å². The van der Waals surface area contributed by atoms with Gasteiger partial charge in [-0.1, -0.05) is 48.0 Å². The molecular formula is C19H18ClN5O2. The molecule has 0 aliphatic carbocycles. The van der Waals surface area contributed by atoms with E-state index in [2.05, 4.69) is 15.3 Å². The molecule has 3 rings (SSSR count). The van der Waals surface area contributed by atoms with Gasteiger partial charge in [0.15, 0.2) is 0 Å². The van der Waals surface area contributed by atoms with Gasteiger partial charge < -0.3 is 10.2 Å². The van der Waals surface area contributed by atoms with Gasteiger partial charge in [-0.3, -0.25) is 10.1 Å². The van der Waals surface area contributed by atoms with E-state index in [1.54, 1.807) is 24.1 Å². The van der Waals surface area contributed by atoms with Crippen molar-refractivity contribution >= 4 is 34.6 Å². The standard InChI is InChI=1S/C19H18ClN5O2/c1-13-8-9-15(20)10-16(13)23-18-17(25(26)27)19(22-12-21-18)24(2)11-14-6-4-3-5-7-14/h3-10,12H,11H2,1-2H3,(H,21,22,23). The van der Waals surface area contributed by atoms with Crippen LogP contribution in [0, 0.1) is 17.0 Å². The number of rotatable bonds is 6. The fraction of sp³-hybridized carbons (Fsp3) is 0.158. The molecule has 1 aromatic heterocycles. The summed E-state index contributed by atoms with van der Waals surface area (Å²) in [4.78, 5) is 21.3. The maximum Gasteiger partial charge on any atom is 0.353 e. The van der Waals surface area contributed by atoms with Crippen LogP contribution in [0.4, 0.5) is 23.0 Å². The van der Waals surface area contributed by atoms with Crippen molar-refractivity contribution in [3.8, 4) is 0 Å². The number of halogens is 1. The Bertz CT molecular complexity index is 966. The second-order valence-electron chi connectivity index (χ2n) is 6.08. The molecule has 0 spiro atoms. The Morgan fingerprint density at radius 2 is 1.93 bits per heavy atom. The molecule has 0 saturated heterocycles. The van der Waals surface area contributed by atoms with Crippen LogP contribution >= 0.6 is 11.6 Å². The summed E-state index contributed by atoms with van der Waals surface area (Å²) >= 11 is 6.04. The highest BCUT2D eigenvalue weighted by molar-refractivity contribution is 6.30. The van der Waals surface area contributed by atoms with Crippen LogP contribution in [0.15, 0.2) is 54.9 Å². The summed E-state index contributed by atoms with van der Waals surface area (Å²) in [6.07, 6.45) is 1.31. The zero-order valence-electron chi connectivity index (χ0n) is 14.9. The minimum absolute atomic E-state index is 0.121. The number of aryl methyl sites for hydroxylation is 1. The maximum atomic E-state index is 11.8. The van der Waals surface area contributed by atoms with Crippen LogP contribution in [-0.4, -0.2) is 21.9 Å². The number of nitrogens with zero attached hydrogens (tertiary/aromatic N) is 4. The van der Waals surface area contributed by atoms with E-state index in [0.29, 0.717) is 17.3 Å². The van der Waals surface area contributed by atoms with Crippen LogP contribution in [0.2, 0.25) is 5.02 Å². The Morgan fingerprint density at radius 1 is 1.19 bits per heavy atom. The first kappa shape index (κ1) is 18.6. The van der Waals surface area contributed by atoms with Crippen LogP contribution in [0.1, 0.15) is 11.1 Å². The minimum atomic E-state index is -0.473. The van der Waals surface area contributed by atoms with Gasteiger partial charge in [-0.2, -0.15) is 0 Å². The van der Waals surface area contributed by atoms with Crippen LogP contribution < -0.4 is 10.2 Å². The summed E-state index contributed by atoms with van der Waals surface area (Å²) < 4.78 is 0. The Hall–Kier alpha value is -3.19. The molecule has 0 bridgehead atoms. The Labute approximate surface area is 161 Å². The lowest BCUT2D eigenvalue weighted by atomic mass is 10.2. The lowest BCUT2D eigenvalue weighted by molar-refractivity contribution is -0.383. The van der Waals surface area contributed by atoms with Gasteiger partial charge in [-0.15, -0.1) is 0 Å². The molecule has 7 nitrogen and oxygen atoms in total. The normalized spacial score (nSPS) is 10.5. The predicted molar refractivity (Wildman–Crippen MR) is 107 cm³/mol. The molecule has 138 valence electrons. The highest BCUT2D eigenvalue weighted by Crippen LogP contribution is 2.34. The average Bonchev–Trinajstić information content (AvgIpc) is 2.65. The number of nitro groups is 1. The quantitative estimate of drug-likeness (QED) is 0.489. The highest BCUT2D eigenvalue weighted by Gasteiger charge is 2.26. The molecule has 0 aliphatic rings. The summed E-state index contributed by atoms with van der Waals surface area (Å²) in [5.41, 5.74) is 2.39. The van der Waals surface area contributed by atoms with Crippen molar-refractivity contribution in [1.82, 2.24) is 9.97 Å². The van der Waals surface area contributed by atoms with Gasteiger partial charge >= 0.3 is 5.69 Å². The van der Waals surface area contributed by atoms with Gasteiger partial charge in [-0.25, -0.2) is 9.97 Å². The molecule has 1 heterocycles. The summed E-state index contributed by atoms with van der Waals surface area (Å²) in [7, 11) is 1.76. The van der Waals surface area contributed by atoms with Crippen molar-refractivity contribution in [3.63, 3.8) is 0 Å². The fourth-order valence-corrected chi connectivity index (χ4v) is 2.87. The average molecular weight is 384 g/mol. The third-order valence-electron chi connectivity index (χ3n) is 4.06. The molecule has 0 unspecified atom stereocenters. The van der Waals surface area contributed by atoms with E-state index < -0.39 is 4.92 Å². The molecule has 2 aromatic carbocycles. The highest BCUT2D eigenvalue weighted by atomic mass is 35.5. The van der Waals surface area contributed by atoms with Crippen molar-refractivity contribution in [2.24, 2.45) is 0 Å². The molecule has 0 atom stereocenters. The molecule has 3 aromatic rings. The molecule has 27 heavy (non-hydrogen) atoms. The second-order valence-corrected chi connectivity index (χ2v) is 6.51. The summed E-state index contributed by atoms with van der Waals surface area (Å²) in [5.74, 6) is 0.358. The summed E-state index contributed by atoms with van der Waals surface area (Å²) in [6, 6.07) is 15.0. The number of aromatic nitrogens is 2. The van der Waals surface area contributed by atoms with Gasteiger partial charge in [0, 0.05) is 24.3 Å². The van der Waals surface area contributed by atoms with Crippen molar-refractivity contribution in [1.29, 1.82) is 0 Å². The van der Waals surface area contributed by atoms with E-state index in [-0.39, 0.29) is 17.3 Å². The van der Waals surface area contributed by atoms with E-state index in [1.807, 2.05) is 43.3 Å². The summed E-state index contributed by atoms with van der Waals surface area (Å²) in [6.45, 7) is 2.36. The Kier molecular flexibility index (Phi) is 5.52. The Balaban J connectivity index is 1.97. The minimum Gasteiger partial charge on any atom is -0.349 e.